The highest BCUT2D eigenvalue weighted by Gasteiger charge is 2.07. The molecule has 0 amide bonds. The van der Waals surface area contributed by atoms with Crippen molar-refractivity contribution in [3.8, 4) is 0 Å². The molecule has 1 aromatic carbocycles. The Morgan fingerprint density at radius 3 is 2.69 bits per heavy atom. The van der Waals surface area contributed by atoms with Gasteiger partial charge in [-0.1, -0.05) is 18.2 Å². The number of hydrogen-bond acceptors (Lipinski definition) is 2. The first-order valence-corrected chi connectivity index (χ1v) is 5.62. The van der Waals surface area contributed by atoms with Gasteiger partial charge in [0.05, 0.1) is 5.52 Å². The third-order valence-electron chi connectivity index (χ3n) is 2.72. The van der Waals surface area contributed by atoms with Crippen LogP contribution in [-0.4, -0.2) is 4.57 Å². The first-order chi connectivity index (χ1) is 7.29. The summed E-state index contributed by atoms with van der Waals surface area (Å²) in [6.07, 6.45) is 0. The summed E-state index contributed by atoms with van der Waals surface area (Å²) in [5.41, 5.74) is 1.09. The van der Waals surface area contributed by atoms with Gasteiger partial charge >= 0.3 is 0 Å². The fourth-order valence-corrected chi connectivity index (χ4v) is 2.83. The van der Waals surface area contributed by atoms with Crippen molar-refractivity contribution in [1.29, 1.82) is 0 Å². The molecular formula is C12H10BrNOS. The Bertz CT molecular complexity index is 714. The van der Waals surface area contributed by atoms with E-state index in [0.29, 0.717) is 0 Å². The maximum absolute atomic E-state index is 12.0. The molecule has 0 saturated heterocycles. The maximum Gasteiger partial charge on any atom is 0.268 e. The molecule has 0 atom stereocenters. The van der Waals surface area contributed by atoms with Gasteiger partial charge in [0, 0.05) is 17.8 Å². The van der Waals surface area contributed by atoms with Crippen molar-refractivity contribution in [3.63, 3.8) is 0 Å². The van der Waals surface area contributed by atoms with E-state index in [1.165, 1.54) is 11.3 Å². The summed E-state index contributed by atoms with van der Waals surface area (Å²) >= 11 is 1.51. The van der Waals surface area contributed by atoms with E-state index < -0.39 is 0 Å². The van der Waals surface area contributed by atoms with Gasteiger partial charge in [-0.05, 0) is 17.5 Å². The molecule has 0 spiro atoms. The Balaban J connectivity index is 0.000000963. The van der Waals surface area contributed by atoms with Crippen molar-refractivity contribution in [2.75, 3.05) is 0 Å². The maximum atomic E-state index is 12.0. The van der Waals surface area contributed by atoms with E-state index in [2.05, 4.69) is 6.07 Å². The zero-order valence-corrected chi connectivity index (χ0v) is 11.2. The lowest BCUT2D eigenvalue weighted by molar-refractivity contribution is 0.920. The smallest absolute Gasteiger partial charge is 0.268 e. The topological polar surface area (TPSA) is 22.0 Å². The minimum atomic E-state index is 0. The summed E-state index contributed by atoms with van der Waals surface area (Å²) in [6, 6.07) is 10.0. The predicted molar refractivity (Wildman–Crippen MR) is 74.9 cm³/mol. The first kappa shape index (κ1) is 11.4. The number of pyridine rings is 1. The Hall–Kier alpha value is -1.13. The van der Waals surface area contributed by atoms with Gasteiger partial charge in [0.15, 0.2) is 0 Å². The molecule has 0 aliphatic rings. The van der Waals surface area contributed by atoms with Crippen LogP contribution in [0.2, 0.25) is 0 Å². The van der Waals surface area contributed by atoms with Gasteiger partial charge in [-0.3, -0.25) is 4.79 Å². The molecule has 0 radical (unpaired) electrons. The second kappa shape index (κ2) is 4.03. The van der Waals surface area contributed by atoms with Crippen LogP contribution in [0.15, 0.2) is 40.5 Å². The van der Waals surface area contributed by atoms with Gasteiger partial charge in [-0.2, -0.15) is 0 Å². The van der Waals surface area contributed by atoms with Crippen LogP contribution in [0.25, 0.3) is 21.0 Å². The monoisotopic (exact) mass is 295 g/mol. The number of aromatic nitrogens is 1. The highest BCUT2D eigenvalue weighted by molar-refractivity contribution is 8.93. The van der Waals surface area contributed by atoms with Gasteiger partial charge in [-0.25, -0.2) is 0 Å². The molecule has 2 nitrogen and oxygen atoms in total. The highest BCUT2D eigenvalue weighted by atomic mass is 79.9. The highest BCUT2D eigenvalue weighted by Crippen LogP contribution is 2.25. The Morgan fingerprint density at radius 2 is 1.88 bits per heavy atom. The fourth-order valence-electron chi connectivity index (χ4n) is 1.94. The van der Waals surface area contributed by atoms with Crippen molar-refractivity contribution in [3.05, 3.63) is 46.1 Å². The molecule has 16 heavy (non-hydrogen) atoms. The van der Waals surface area contributed by atoms with E-state index in [0.717, 1.165) is 21.0 Å². The number of para-hydroxylation sites is 1. The predicted octanol–water partition coefficient (Wildman–Crippen LogP) is 3.33. The number of hydrogen-bond donors (Lipinski definition) is 0. The van der Waals surface area contributed by atoms with E-state index in [1.54, 1.807) is 4.57 Å². The van der Waals surface area contributed by atoms with E-state index in [9.17, 15) is 4.79 Å². The summed E-state index contributed by atoms with van der Waals surface area (Å²) in [5, 5.41) is 4.19. The second-order valence-electron chi connectivity index (χ2n) is 3.54. The molecule has 2 heterocycles. The molecule has 0 fully saturated rings. The lowest BCUT2D eigenvalue weighted by atomic mass is 10.1. The third-order valence-corrected chi connectivity index (χ3v) is 3.62. The van der Waals surface area contributed by atoms with Gasteiger partial charge < -0.3 is 4.57 Å². The number of aryl methyl sites for hydroxylation is 1. The number of nitrogens with zero attached hydrogens (tertiary/aromatic N) is 1. The molecular weight excluding hydrogens is 286 g/mol. The van der Waals surface area contributed by atoms with Gasteiger partial charge in [-0.15, -0.1) is 28.3 Å². The van der Waals surface area contributed by atoms with Crippen LogP contribution < -0.4 is 5.56 Å². The standard InChI is InChI=1S/C12H9NOS.BrH/c1-13-10-5-3-2-4-8(10)9-6-7-15-11(9)12(13)14;/h2-7H,1H3;1H. The second-order valence-corrected chi connectivity index (χ2v) is 4.46. The van der Waals surface area contributed by atoms with Crippen molar-refractivity contribution < 1.29 is 0 Å². The van der Waals surface area contributed by atoms with E-state index in [-0.39, 0.29) is 22.5 Å². The Kier molecular flexibility index (Phi) is 2.86. The van der Waals surface area contributed by atoms with Crippen LogP contribution in [-0.2, 0) is 7.05 Å². The summed E-state index contributed by atoms with van der Waals surface area (Å²) in [6.45, 7) is 0. The van der Waals surface area contributed by atoms with Crippen LogP contribution in [0.1, 0.15) is 0 Å². The average Bonchev–Trinajstić information content (AvgIpc) is 2.75. The average molecular weight is 296 g/mol. The zero-order chi connectivity index (χ0) is 10.4. The normalized spacial score (nSPS) is 10.6. The summed E-state index contributed by atoms with van der Waals surface area (Å²) in [4.78, 5) is 12.0. The molecule has 3 aromatic rings. The SMILES string of the molecule is Br.Cn1c(=O)c2sccc2c2ccccc21. The third kappa shape index (κ3) is 1.41. The largest absolute Gasteiger partial charge is 0.310 e. The minimum absolute atomic E-state index is 0. The number of fused-ring (bicyclic) bond motifs is 3. The number of rotatable bonds is 0. The molecule has 0 saturated carbocycles. The fraction of sp³-hybridized carbons (Fsp3) is 0.0833. The van der Waals surface area contributed by atoms with Gasteiger partial charge in [0.1, 0.15) is 4.70 Å². The van der Waals surface area contributed by atoms with Crippen LogP contribution in [0.5, 0.6) is 0 Å². The van der Waals surface area contributed by atoms with Crippen molar-refractivity contribution in [1.82, 2.24) is 4.57 Å². The summed E-state index contributed by atoms with van der Waals surface area (Å²) < 4.78 is 2.56. The molecule has 0 N–H and O–H groups in total. The molecule has 3 rings (SSSR count). The van der Waals surface area contributed by atoms with Crippen LogP contribution in [0.3, 0.4) is 0 Å². The molecule has 0 aliphatic carbocycles. The van der Waals surface area contributed by atoms with Gasteiger partial charge in [0.25, 0.3) is 5.56 Å². The van der Waals surface area contributed by atoms with E-state index >= 15 is 0 Å². The van der Waals surface area contributed by atoms with E-state index in [1.807, 2.05) is 36.7 Å². The number of benzene rings is 1. The van der Waals surface area contributed by atoms with Crippen molar-refractivity contribution in [2.45, 2.75) is 0 Å². The number of halogens is 1. The molecule has 0 bridgehead atoms. The molecule has 0 unspecified atom stereocenters. The van der Waals surface area contributed by atoms with Crippen molar-refractivity contribution in [2.24, 2.45) is 7.05 Å². The van der Waals surface area contributed by atoms with Crippen molar-refractivity contribution >= 4 is 49.3 Å². The molecule has 0 aliphatic heterocycles. The quantitative estimate of drug-likeness (QED) is 0.623. The van der Waals surface area contributed by atoms with Crippen LogP contribution in [0.4, 0.5) is 0 Å². The first-order valence-electron chi connectivity index (χ1n) is 4.74. The summed E-state index contributed by atoms with van der Waals surface area (Å²) in [7, 11) is 1.82. The minimum Gasteiger partial charge on any atom is -0.310 e. The lowest BCUT2D eigenvalue weighted by Gasteiger charge is -2.05. The number of thiophene rings is 1. The molecule has 82 valence electrons. The Morgan fingerprint density at radius 1 is 1.12 bits per heavy atom. The molecule has 4 heteroatoms. The Labute approximate surface area is 107 Å². The van der Waals surface area contributed by atoms with Crippen LogP contribution in [0, 0.1) is 0 Å². The lowest BCUT2D eigenvalue weighted by Crippen LogP contribution is -2.15. The molecule has 2 aromatic heterocycles. The summed E-state index contributed by atoms with van der Waals surface area (Å²) in [5.74, 6) is 0. The zero-order valence-electron chi connectivity index (χ0n) is 8.64. The van der Waals surface area contributed by atoms with E-state index in [4.69, 9.17) is 0 Å². The van der Waals surface area contributed by atoms with Gasteiger partial charge in [0.2, 0.25) is 0 Å². The van der Waals surface area contributed by atoms with Crippen LogP contribution >= 0.6 is 28.3 Å².